The van der Waals surface area contributed by atoms with Gasteiger partial charge in [0.2, 0.25) is 5.95 Å². The Balaban J connectivity index is 1.90. The summed E-state index contributed by atoms with van der Waals surface area (Å²) in [6.45, 7) is 4.37. The minimum atomic E-state index is -2.93. The summed E-state index contributed by atoms with van der Waals surface area (Å²) in [7, 11) is 0. The van der Waals surface area contributed by atoms with Crippen molar-refractivity contribution < 1.29 is 23.0 Å². The zero-order valence-corrected chi connectivity index (χ0v) is 16.0. The minimum Gasteiger partial charge on any atom is -0.458 e. The summed E-state index contributed by atoms with van der Waals surface area (Å²) in [6.07, 6.45) is 1.58. The van der Waals surface area contributed by atoms with Crippen molar-refractivity contribution in [2.75, 3.05) is 18.5 Å². The fourth-order valence-corrected chi connectivity index (χ4v) is 3.22. The van der Waals surface area contributed by atoms with Gasteiger partial charge in [-0.25, -0.2) is 18.3 Å². The quantitative estimate of drug-likeness (QED) is 0.773. The zero-order chi connectivity index (χ0) is 19.8. The van der Waals surface area contributed by atoms with Gasteiger partial charge >= 0.3 is 5.97 Å². The Morgan fingerprint density at radius 3 is 2.96 bits per heavy atom. The number of nitrogens with zero attached hydrogens (tertiary/aromatic N) is 3. The number of nitrogens with one attached hydrogen (secondary N) is 1. The highest BCUT2D eigenvalue weighted by molar-refractivity contribution is 6.34. The molecule has 2 aromatic heterocycles. The first kappa shape index (κ1) is 19.8. The molecule has 3 atom stereocenters. The average Bonchev–Trinajstić information content (AvgIpc) is 2.91. The molecule has 1 saturated heterocycles. The van der Waals surface area contributed by atoms with E-state index in [0.717, 1.165) is 6.92 Å². The summed E-state index contributed by atoms with van der Waals surface area (Å²) in [5.74, 6) is -4.20. The van der Waals surface area contributed by atoms with E-state index in [4.69, 9.17) is 21.1 Å². The standard InChI is InChI=1S/C17H21ClF2N4O3/c1-9(17(3,19)20)13-6-11(18)14-7-21-16(23-24(13)14)22-12-4-5-26-8-15(12)27-10(2)25/h6-7,9,12,15H,4-5,8H2,1-3H3,(H,22,23). The van der Waals surface area contributed by atoms with Gasteiger partial charge in [-0.3, -0.25) is 4.79 Å². The van der Waals surface area contributed by atoms with Crippen LogP contribution < -0.4 is 5.32 Å². The van der Waals surface area contributed by atoms with Gasteiger partial charge < -0.3 is 14.8 Å². The molecule has 10 heteroatoms. The molecule has 0 saturated carbocycles. The van der Waals surface area contributed by atoms with Gasteiger partial charge in [0, 0.05) is 20.5 Å². The van der Waals surface area contributed by atoms with E-state index in [1.165, 1.54) is 30.6 Å². The molecule has 148 valence electrons. The molecule has 0 aromatic carbocycles. The Kier molecular flexibility index (Phi) is 5.53. The molecule has 2 aromatic rings. The molecular weight excluding hydrogens is 382 g/mol. The zero-order valence-electron chi connectivity index (χ0n) is 15.2. The Bertz CT molecular complexity index is 839. The van der Waals surface area contributed by atoms with Crippen molar-refractivity contribution in [3.8, 4) is 0 Å². The van der Waals surface area contributed by atoms with Crippen molar-refractivity contribution in [1.82, 2.24) is 14.6 Å². The number of esters is 1. The van der Waals surface area contributed by atoms with Crippen LogP contribution >= 0.6 is 11.6 Å². The lowest BCUT2D eigenvalue weighted by Crippen LogP contribution is -2.44. The second-order valence-electron chi connectivity index (χ2n) is 6.74. The molecule has 1 N–H and O–H groups in total. The second-order valence-corrected chi connectivity index (χ2v) is 7.14. The highest BCUT2D eigenvalue weighted by atomic mass is 35.5. The number of aromatic nitrogens is 3. The van der Waals surface area contributed by atoms with Crippen LogP contribution in [-0.4, -0.2) is 51.8 Å². The number of carbonyl (C=O) groups excluding carboxylic acids is 1. The number of anilines is 1. The lowest BCUT2D eigenvalue weighted by molar-refractivity contribution is -0.153. The molecule has 0 bridgehead atoms. The molecule has 27 heavy (non-hydrogen) atoms. The summed E-state index contributed by atoms with van der Waals surface area (Å²) in [5, 5.41) is 7.75. The van der Waals surface area contributed by atoms with Crippen molar-refractivity contribution in [2.45, 2.75) is 51.2 Å². The third kappa shape index (κ3) is 4.30. The van der Waals surface area contributed by atoms with Crippen molar-refractivity contribution in [3.05, 3.63) is 23.0 Å². The Morgan fingerprint density at radius 1 is 1.56 bits per heavy atom. The lowest BCUT2D eigenvalue weighted by atomic mass is 10.0. The Hall–Kier alpha value is -2.00. The molecule has 1 aliphatic heterocycles. The maximum absolute atomic E-state index is 13.8. The van der Waals surface area contributed by atoms with Crippen LogP contribution in [0, 0.1) is 0 Å². The van der Waals surface area contributed by atoms with E-state index >= 15 is 0 Å². The van der Waals surface area contributed by atoms with E-state index in [2.05, 4.69) is 15.4 Å². The Labute approximate surface area is 160 Å². The average molecular weight is 403 g/mol. The highest BCUT2D eigenvalue weighted by Gasteiger charge is 2.34. The highest BCUT2D eigenvalue weighted by Crippen LogP contribution is 2.35. The van der Waals surface area contributed by atoms with Gasteiger partial charge in [-0.1, -0.05) is 18.5 Å². The third-order valence-electron chi connectivity index (χ3n) is 4.64. The number of alkyl halides is 2. The molecule has 0 amide bonds. The van der Waals surface area contributed by atoms with Crippen molar-refractivity contribution in [3.63, 3.8) is 0 Å². The summed E-state index contributed by atoms with van der Waals surface area (Å²) in [4.78, 5) is 15.5. The fraction of sp³-hybridized carbons (Fsp3) is 0.588. The van der Waals surface area contributed by atoms with E-state index in [1.54, 1.807) is 0 Å². The first-order chi connectivity index (χ1) is 12.7. The van der Waals surface area contributed by atoms with E-state index in [-0.39, 0.29) is 24.3 Å². The van der Waals surface area contributed by atoms with Crippen LogP contribution in [-0.2, 0) is 14.3 Å². The number of hydrogen-bond acceptors (Lipinski definition) is 6. The molecule has 0 spiro atoms. The van der Waals surface area contributed by atoms with Crippen LogP contribution in [0.25, 0.3) is 5.52 Å². The van der Waals surface area contributed by atoms with Crippen molar-refractivity contribution >= 4 is 29.0 Å². The van der Waals surface area contributed by atoms with Crippen molar-refractivity contribution in [2.24, 2.45) is 0 Å². The van der Waals surface area contributed by atoms with E-state index < -0.39 is 23.9 Å². The van der Waals surface area contributed by atoms with Gasteiger partial charge in [0.1, 0.15) is 11.6 Å². The van der Waals surface area contributed by atoms with Crippen LogP contribution in [0.15, 0.2) is 12.3 Å². The van der Waals surface area contributed by atoms with Crippen LogP contribution in [0.2, 0.25) is 5.02 Å². The lowest BCUT2D eigenvalue weighted by Gasteiger charge is -2.31. The first-order valence-electron chi connectivity index (χ1n) is 8.60. The van der Waals surface area contributed by atoms with E-state index in [1.807, 2.05) is 0 Å². The van der Waals surface area contributed by atoms with Crippen LogP contribution in [0.4, 0.5) is 14.7 Å². The molecule has 3 rings (SSSR count). The summed E-state index contributed by atoms with van der Waals surface area (Å²) in [5.41, 5.74) is 0.730. The van der Waals surface area contributed by atoms with Crippen LogP contribution in [0.5, 0.6) is 0 Å². The van der Waals surface area contributed by atoms with Gasteiger partial charge in [-0.2, -0.15) is 0 Å². The topological polar surface area (TPSA) is 77.8 Å². The Morgan fingerprint density at radius 2 is 2.30 bits per heavy atom. The molecule has 3 heterocycles. The van der Waals surface area contributed by atoms with Crippen LogP contribution in [0.3, 0.4) is 0 Å². The largest absolute Gasteiger partial charge is 0.458 e. The van der Waals surface area contributed by atoms with E-state index in [9.17, 15) is 13.6 Å². The molecule has 3 unspecified atom stereocenters. The van der Waals surface area contributed by atoms with E-state index in [0.29, 0.717) is 23.6 Å². The minimum absolute atomic E-state index is 0.228. The first-order valence-corrected chi connectivity index (χ1v) is 8.98. The van der Waals surface area contributed by atoms with Gasteiger partial charge in [-0.15, -0.1) is 5.10 Å². The van der Waals surface area contributed by atoms with Crippen molar-refractivity contribution in [1.29, 1.82) is 0 Å². The fourth-order valence-electron chi connectivity index (χ4n) is 2.98. The number of hydrogen-bond donors (Lipinski definition) is 1. The molecule has 1 aliphatic rings. The summed E-state index contributed by atoms with van der Waals surface area (Å²) in [6, 6.07) is 1.23. The number of halogens is 3. The second kappa shape index (κ2) is 7.55. The summed E-state index contributed by atoms with van der Waals surface area (Å²) >= 11 is 6.16. The number of fused-ring (bicyclic) bond motifs is 1. The normalized spacial score (nSPS) is 21.9. The number of carbonyl (C=O) groups is 1. The molecule has 1 fully saturated rings. The summed E-state index contributed by atoms with van der Waals surface area (Å²) < 4.78 is 39.6. The molecule has 0 radical (unpaired) electrons. The third-order valence-corrected chi connectivity index (χ3v) is 4.94. The smallest absolute Gasteiger partial charge is 0.303 e. The number of ether oxygens (including phenoxy) is 2. The maximum Gasteiger partial charge on any atom is 0.303 e. The predicted octanol–water partition coefficient (Wildman–Crippen LogP) is 3.27. The van der Waals surface area contributed by atoms with Gasteiger partial charge in [0.05, 0.1) is 35.5 Å². The van der Waals surface area contributed by atoms with Crippen LogP contribution in [0.1, 0.15) is 38.8 Å². The molecular formula is C17H21ClF2N4O3. The maximum atomic E-state index is 13.8. The monoisotopic (exact) mass is 402 g/mol. The van der Waals surface area contributed by atoms with Gasteiger partial charge in [-0.05, 0) is 12.5 Å². The number of rotatable bonds is 5. The molecule has 0 aliphatic carbocycles. The van der Waals surface area contributed by atoms with Gasteiger partial charge in [0.15, 0.2) is 0 Å². The molecule has 7 nitrogen and oxygen atoms in total. The predicted molar refractivity (Wildman–Crippen MR) is 95.4 cm³/mol. The van der Waals surface area contributed by atoms with Gasteiger partial charge in [0.25, 0.3) is 5.92 Å². The SMILES string of the molecule is CC(=O)OC1COCCC1Nc1ncc2c(Cl)cc(C(C)C(C)(F)F)n2n1.